The van der Waals surface area contributed by atoms with Crippen LogP contribution in [-0.4, -0.2) is 59.1 Å². The van der Waals surface area contributed by atoms with Gasteiger partial charge in [-0.05, 0) is 32.6 Å². The summed E-state index contributed by atoms with van der Waals surface area (Å²) in [5.41, 5.74) is 0.824. The molecular formula is C20H30N4O3. The SMILES string of the molecule is CCOCC1(C(=O)N2C[C@@H](CNC(=O)C3CC3)[C@H](c3cncn3C)C2)CC1. The van der Waals surface area contributed by atoms with E-state index in [-0.39, 0.29) is 35.0 Å². The molecule has 0 unspecified atom stereocenters. The Morgan fingerprint density at radius 3 is 2.70 bits per heavy atom. The fourth-order valence-corrected chi connectivity index (χ4v) is 4.23. The highest BCUT2D eigenvalue weighted by Gasteiger charge is 2.54. The summed E-state index contributed by atoms with van der Waals surface area (Å²) in [4.78, 5) is 31.5. The summed E-state index contributed by atoms with van der Waals surface area (Å²) in [5, 5.41) is 3.11. The molecule has 1 aliphatic heterocycles. The Hall–Kier alpha value is -1.89. The first-order valence-corrected chi connectivity index (χ1v) is 10.1. The quantitative estimate of drug-likeness (QED) is 0.744. The molecule has 0 bridgehead atoms. The van der Waals surface area contributed by atoms with E-state index in [2.05, 4.69) is 10.3 Å². The molecule has 27 heavy (non-hydrogen) atoms. The number of likely N-dealkylation sites (tertiary alicyclic amines) is 1. The van der Waals surface area contributed by atoms with Gasteiger partial charge in [0.15, 0.2) is 0 Å². The van der Waals surface area contributed by atoms with Gasteiger partial charge in [-0.3, -0.25) is 9.59 Å². The van der Waals surface area contributed by atoms with Crippen molar-refractivity contribution in [1.82, 2.24) is 19.8 Å². The Labute approximate surface area is 160 Å². The van der Waals surface area contributed by atoms with Gasteiger partial charge < -0.3 is 19.5 Å². The molecule has 4 rings (SSSR count). The van der Waals surface area contributed by atoms with Crippen molar-refractivity contribution in [2.24, 2.45) is 24.3 Å². The molecule has 2 atom stereocenters. The van der Waals surface area contributed by atoms with E-state index in [0.717, 1.165) is 31.4 Å². The Balaban J connectivity index is 1.46. The lowest BCUT2D eigenvalue weighted by Gasteiger charge is -2.23. The predicted molar refractivity (Wildman–Crippen MR) is 99.9 cm³/mol. The largest absolute Gasteiger partial charge is 0.381 e. The molecule has 0 radical (unpaired) electrons. The van der Waals surface area contributed by atoms with E-state index in [1.165, 1.54) is 0 Å². The second-order valence-electron chi connectivity index (χ2n) is 8.44. The van der Waals surface area contributed by atoms with Crippen LogP contribution in [0.2, 0.25) is 0 Å². The summed E-state index contributed by atoms with van der Waals surface area (Å²) in [7, 11) is 1.99. The van der Waals surface area contributed by atoms with E-state index in [1.807, 2.05) is 29.6 Å². The van der Waals surface area contributed by atoms with Crippen molar-refractivity contribution < 1.29 is 14.3 Å². The minimum atomic E-state index is -0.306. The van der Waals surface area contributed by atoms with Gasteiger partial charge in [0, 0.05) is 62.9 Å². The van der Waals surface area contributed by atoms with Crippen molar-refractivity contribution in [3.05, 3.63) is 18.2 Å². The van der Waals surface area contributed by atoms with Crippen LogP contribution in [0.25, 0.3) is 0 Å². The number of amides is 2. The standard InChI is InChI=1S/C20H30N4O3/c1-3-27-12-20(6-7-20)19(26)24-10-15(8-22-18(25)14-4-5-14)16(11-24)17-9-21-13-23(17)2/h9,13-16H,3-8,10-12H2,1-2H3,(H,22,25)/t15-,16-/m1/s1. The number of aromatic nitrogens is 2. The fourth-order valence-electron chi connectivity index (χ4n) is 4.23. The van der Waals surface area contributed by atoms with Gasteiger partial charge in [0.2, 0.25) is 11.8 Å². The van der Waals surface area contributed by atoms with E-state index >= 15 is 0 Å². The molecule has 1 aromatic heterocycles. The lowest BCUT2D eigenvalue weighted by atomic mass is 9.93. The van der Waals surface area contributed by atoms with Gasteiger partial charge in [0.1, 0.15) is 0 Å². The zero-order valence-electron chi connectivity index (χ0n) is 16.3. The Morgan fingerprint density at radius 2 is 2.11 bits per heavy atom. The average Bonchev–Trinajstić information content (AvgIpc) is 3.57. The molecule has 2 amide bonds. The minimum Gasteiger partial charge on any atom is -0.381 e. The maximum atomic E-state index is 13.2. The number of nitrogens with one attached hydrogen (secondary N) is 1. The van der Waals surface area contributed by atoms with E-state index in [1.54, 1.807) is 6.33 Å². The molecule has 148 valence electrons. The number of ether oxygens (including phenoxy) is 1. The Morgan fingerprint density at radius 1 is 1.33 bits per heavy atom. The second kappa shape index (κ2) is 7.26. The molecule has 1 aromatic rings. The van der Waals surface area contributed by atoms with Gasteiger partial charge in [-0.25, -0.2) is 4.98 Å². The molecule has 0 aromatic carbocycles. The van der Waals surface area contributed by atoms with Crippen LogP contribution in [-0.2, 0) is 21.4 Å². The fraction of sp³-hybridized carbons (Fsp3) is 0.750. The monoisotopic (exact) mass is 374 g/mol. The number of carbonyl (C=O) groups excluding carboxylic acids is 2. The molecule has 2 saturated carbocycles. The first kappa shape index (κ1) is 18.5. The molecule has 2 heterocycles. The third-order valence-corrected chi connectivity index (χ3v) is 6.34. The Bertz CT molecular complexity index is 708. The number of hydrogen-bond acceptors (Lipinski definition) is 4. The first-order chi connectivity index (χ1) is 13.0. The molecule has 1 N–H and O–H groups in total. The van der Waals surface area contributed by atoms with Crippen LogP contribution in [0.5, 0.6) is 0 Å². The van der Waals surface area contributed by atoms with E-state index in [4.69, 9.17) is 4.74 Å². The minimum absolute atomic E-state index is 0.165. The number of hydrogen-bond donors (Lipinski definition) is 1. The summed E-state index contributed by atoms with van der Waals surface area (Å²) in [5.74, 6) is 1.01. The van der Waals surface area contributed by atoms with Crippen LogP contribution in [0.4, 0.5) is 0 Å². The topological polar surface area (TPSA) is 76.5 Å². The van der Waals surface area contributed by atoms with Gasteiger partial charge in [-0.1, -0.05) is 0 Å². The smallest absolute Gasteiger partial charge is 0.231 e. The average molecular weight is 374 g/mol. The van der Waals surface area contributed by atoms with Crippen molar-refractivity contribution in [3.63, 3.8) is 0 Å². The lowest BCUT2D eigenvalue weighted by molar-refractivity contribution is -0.138. The van der Waals surface area contributed by atoms with Crippen LogP contribution >= 0.6 is 0 Å². The molecule has 3 aliphatic rings. The predicted octanol–water partition coefficient (Wildman–Crippen LogP) is 1.31. The Kier molecular flexibility index (Phi) is 4.97. The molecule has 3 fully saturated rings. The van der Waals surface area contributed by atoms with E-state index in [0.29, 0.717) is 32.8 Å². The molecule has 0 spiro atoms. The summed E-state index contributed by atoms with van der Waals surface area (Å²) >= 11 is 0. The second-order valence-corrected chi connectivity index (χ2v) is 8.44. The number of imidazole rings is 1. The molecule has 7 heteroatoms. The highest BCUT2D eigenvalue weighted by atomic mass is 16.5. The highest BCUT2D eigenvalue weighted by Crippen LogP contribution is 2.49. The van der Waals surface area contributed by atoms with Crippen LogP contribution in [0, 0.1) is 17.3 Å². The van der Waals surface area contributed by atoms with Crippen LogP contribution in [0.15, 0.2) is 12.5 Å². The van der Waals surface area contributed by atoms with Gasteiger partial charge in [0.25, 0.3) is 0 Å². The van der Waals surface area contributed by atoms with Crippen molar-refractivity contribution in [2.75, 3.05) is 32.8 Å². The van der Waals surface area contributed by atoms with Gasteiger partial charge in [0.05, 0.1) is 18.3 Å². The zero-order chi connectivity index (χ0) is 19.0. The summed E-state index contributed by atoms with van der Waals surface area (Å²) < 4.78 is 7.61. The van der Waals surface area contributed by atoms with Crippen molar-refractivity contribution in [1.29, 1.82) is 0 Å². The van der Waals surface area contributed by atoms with E-state index in [9.17, 15) is 9.59 Å². The highest BCUT2D eigenvalue weighted by molar-refractivity contribution is 5.86. The van der Waals surface area contributed by atoms with Crippen LogP contribution in [0.1, 0.15) is 44.2 Å². The van der Waals surface area contributed by atoms with Crippen LogP contribution < -0.4 is 5.32 Å². The van der Waals surface area contributed by atoms with Crippen molar-refractivity contribution in [3.8, 4) is 0 Å². The maximum Gasteiger partial charge on any atom is 0.231 e. The third kappa shape index (κ3) is 3.74. The third-order valence-electron chi connectivity index (χ3n) is 6.34. The maximum absolute atomic E-state index is 13.2. The van der Waals surface area contributed by atoms with Crippen LogP contribution in [0.3, 0.4) is 0 Å². The number of carbonyl (C=O) groups is 2. The van der Waals surface area contributed by atoms with Crippen molar-refractivity contribution in [2.45, 2.75) is 38.5 Å². The molecule has 1 saturated heterocycles. The number of rotatable bonds is 8. The summed E-state index contributed by atoms with van der Waals surface area (Å²) in [6, 6.07) is 0. The van der Waals surface area contributed by atoms with E-state index < -0.39 is 0 Å². The van der Waals surface area contributed by atoms with Gasteiger partial charge in [-0.2, -0.15) is 0 Å². The molecular weight excluding hydrogens is 344 g/mol. The first-order valence-electron chi connectivity index (χ1n) is 10.1. The number of nitrogens with zero attached hydrogens (tertiary/aromatic N) is 3. The zero-order valence-corrected chi connectivity index (χ0v) is 16.3. The van der Waals surface area contributed by atoms with Gasteiger partial charge >= 0.3 is 0 Å². The summed E-state index contributed by atoms with van der Waals surface area (Å²) in [6.07, 6.45) is 7.54. The van der Waals surface area contributed by atoms with Gasteiger partial charge in [-0.15, -0.1) is 0 Å². The normalized spacial score (nSPS) is 26.2. The lowest BCUT2D eigenvalue weighted by Crippen LogP contribution is -2.39. The summed E-state index contributed by atoms with van der Waals surface area (Å²) in [6.45, 7) is 5.13. The molecule has 2 aliphatic carbocycles. The van der Waals surface area contributed by atoms with Crippen molar-refractivity contribution >= 4 is 11.8 Å². The molecule has 7 nitrogen and oxygen atoms in total. The number of aryl methyl sites for hydroxylation is 1.